The summed E-state index contributed by atoms with van der Waals surface area (Å²) in [5.74, 6) is -0.0922. The second kappa shape index (κ2) is 7.66. The maximum Gasteiger partial charge on any atom is 0.244 e. The average molecular weight is 415 g/mol. The fourth-order valence-corrected chi connectivity index (χ4v) is 6.29. The van der Waals surface area contributed by atoms with Crippen LogP contribution in [0.5, 0.6) is 0 Å². The molecule has 1 aliphatic rings. The van der Waals surface area contributed by atoms with Gasteiger partial charge in [0, 0.05) is 26.2 Å². The number of nitrogens with zero attached hydrogens (tertiary/aromatic N) is 2. The van der Waals surface area contributed by atoms with Crippen LogP contribution in [0.2, 0.25) is 5.02 Å². The van der Waals surface area contributed by atoms with Gasteiger partial charge >= 0.3 is 0 Å². The predicted molar refractivity (Wildman–Crippen MR) is 101 cm³/mol. The van der Waals surface area contributed by atoms with Crippen LogP contribution in [0.4, 0.5) is 0 Å². The first-order valence-electron chi connectivity index (χ1n) is 8.07. The van der Waals surface area contributed by atoms with Crippen molar-refractivity contribution in [1.82, 2.24) is 8.61 Å². The molecule has 0 amide bonds. The quantitative estimate of drug-likeness (QED) is 0.751. The lowest BCUT2D eigenvalue weighted by Gasteiger charge is -2.33. The SMILES string of the molecule is O=S(=O)(Cc1ccccc1)N1CCN(S(=O)(=O)c2ccccc2Cl)CC1. The maximum atomic E-state index is 12.7. The number of hydrogen-bond donors (Lipinski definition) is 0. The van der Waals surface area contributed by atoms with Crippen molar-refractivity contribution in [2.75, 3.05) is 26.2 Å². The van der Waals surface area contributed by atoms with E-state index in [0.29, 0.717) is 5.56 Å². The molecule has 0 aromatic heterocycles. The lowest BCUT2D eigenvalue weighted by molar-refractivity contribution is 0.272. The zero-order chi connectivity index (χ0) is 18.8. The highest BCUT2D eigenvalue weighted by Crippen LogP contribution is 2.25. The molecule has 0 unspecified atom stereocenters. The molecule has 3 rings (SSSR count). The van der Waals surface area contributed by atoms with Crippen molar-refractivity contribution in [3.8, 4) is 0 Å². The van der Waals surface area contributed by atoms with Crippen LogP contribution in [0.3, 0.4) is 0 Å². The summed E-state index contributed by atoms with van der Waals surface area (Å²) in [7, 11) is -7.23. The van der Waals surface area contributed by atoms with Crippen molar-refractivity contribution in [3.05, 3.63) is 65.2 Å². The van der Waals surface area contributed by atoms with Gasteiger partial charge < -0.3 is 0 Å². The molecule has 0 aliphatic carbocycles. The van der Waals surface area contributed by atoms with E-state index >= 15 is 0 Å². The van der Waals surface area contributed by atoms with Gasteiger partial charge in [-0.15, -0.1) is 0 Å². The van der Waals surface area contributed by atoms with Crippen molar-refractivity contribution < 1.29 is 16.8 Å². The normalized spacial score (nSPS) is 17.3. The van der Waals surface area contributed by atoms with E-state index in [4.69, 9.17) is 11.6 Å². The Bertz CT molecular complexity index is 971. The molecular formula is C17H19ClN2O4S2. The number of halogens is 1. The lowest BCUT2D eigenvalue weighted by atomic mass is 10.2. The first-order chi connectivity index (χ1) is 12.3. The van der Waals surface area contributed by atoms with Crippen LogP contribution in [0.1, 0.15) is 5.56 Å². The van der Waals surface area contributed by atoms with Crippen molar-refractivity contribution >= 4 is 31.6 Å². The summed E-state index contributed by atoms with van der Waals surface area (Å²) in [4.78, 5) is 0.0438. The Hall–Kier alpha value is -1.45. The molecule has 0 saturated carbocycles. The third-order valence-electron chi connectivity index (χ3n) is 4.24. The van der Waals surface area contributed by atoms with E-state index in [9.17, 15) is 16.8 Å². The van der Waals surface area contributed by atoms with Gasteiger partial charge in [-0.2, -0.15) is 8.61 Å². The molecule has 1 aliphatic heterocycles. The Kier molecular flexibility index (Phi) is 5.69. The van der Waals surface area contributed by atoms with Crippen LogP contribution in [0.25, 0.3) is 0 Å². The minimum Gasteiger partial charge on any atom is -0.212 e. The van der Waals surface area contributed by atoms with E-state index in [0.717, 1.165) is 0 Å². The molecule has 26 heavy (non-hydrogen) atoms. The second-order valence-corrected chi connectivity index (χ2v) is 10.3. The van der Waals surface area contributed by atoms with Crippen LogP contribution in [0, 0.1) is 0 Å². The summed E-state index contributed by atoms with van der Waals surface area (Å²) < 4.78 is 53.2. The summed E-state index contributed by atoms with van der Waals surface area (Å²) in [6.07, 6.45) is 0. The highest BCUT2D eigenvalue weighted by Gasteiger charge is 2.33. The van der Waals surface area contributed by atoms with Gasteiger partial charge in [0.15, 0.2) is 0 Å². The molecule has 0 atom stereocenters. The zero-order valence-electron chi connectivity index (χ0n) is 14.0. The fraction of sp³-hybridized carbons (Fsp3) is 0.294. The second-order valence-electron chi connectivity index (χ2n) is 5.98. The summed E-state index contributed by atoms with van der Waals surface area (Å²) in [5.41, 5.74) is 0.707. The predicted octanol–water partition coefficient (Wildman–Crippen LogP) is 2.18. The Morgan fingerprint density at radius 1 is 0.769 bits per heavy atom. The molecule has 2 aromatic rings. The van der Waals surface area contributed by atoms with Crippen molar-refractivity contribution in [2.24, 2.45) is 0 Å². The van der Waals surface area contributed by atoms with Crippen LogP contribution in [-0.4, -0.2) is 51.6 Å². The van der Waals surface area contributed by atoms with E-state index in [1.807, 2.05) is 6.07 Å². The number of rotatable bonds is 5. The highest BCUT2D eigenvalue weighted by atomic mass is 35.5. The number of hydrogen-bond acceptors (Lipinski definition) is 4. The molecule has 0 N–H and O–H groups in total. The fourth-order valence-electron chi connectivity index (χ4n) is 2.86. The summed E-state index contributed by atoms with van der Waals surface area (Å²) in [6.45, 7) is 0.445. The summed E-state index contributed by atoms with van der Waals surface area (Å²) >= 11 is 6.01. The van der Waals surface area contributed by atoms with Crippen LogP contribution < -0.4 is 0 Å². The average Bonchev–Trinajstić information content (AvgIpc) is 2.62. The summed E-state index contributed by atoms with van der Waals surface area (Å²) in [5, 5.41) is 0.159. The van der Waals surface area contributed by atoms with E-state index in [2.05, 4.69) is 0 Å². The highest BCUT2D eigenvalue weighted by molar-refractivity contribution is 7.89. The molecule has 1 saturated heterocycles. The first kappa shape index (κ1) is 19.3. The lowest BCUT2D eigenvalue weighted by Crippen LogP contribution is -2.50. The van der Waals surface area contributed by atoms with E-state index in [-0.39, 0.29) is 41.8 Å². The van der Waals surface area contributed by atoms with Gasteiger partial charge in [-0.05, 0) is 17.7 Å². The van der Waals surface area contributed by atoms with Gasteiger partial charge in [0.2, 0.25) is 20.0 Å². The largest absolute Gasteiger partial charge is 0.244 e. The number of piperazine rings is 1. The first-order valence-corrected chi connectivity index (χ1v) is 11.5. The van der Waals surface area contributed by atoms with Gasteiger partial charge in [-0.1, -0.05) is 54.1 Å². The Morgan fingerprint density at radius 2 is 1.31 bits per heavy atom. The van der Waals surface area contributed by atoms with Crippen LogP contribution in [0.15, 0.2) is 59.5 Å². The zero-order valence-corrected chi connectivity index (χ0v) is 16.3. The molecule has 9 heteroatoms. The smallest absolute Gasteiger partial charge is 0.212 e. The molecule has 0 bridgehead atoms. The molecule has 140 valence electrons. The summed E-state index contributed by atoms with van der Waals surface area (Å²) in [6, 6.07) is 15.2. The third-order valence-corrected chi connectivity index (χ3v) is 8.49. The Labute approximate surface area is 159 Å². The minimum absolute atomic E-state index is 0.0438. The van der Waals surface area contributed by atoms with Gasteiger partial charge in [0.25, 0.3) is 0 Å². The molecule has 6 nitrogen and oxygen atoms in total. The molecule has 2 aromatic carbocycles. The monoisotopic (exact) mass is 414 g/mol. The van der Waals surface area contributed by atoms with Gasteiger partial charge in [-0.25, -0.2) is 16.8 Å². The van der Waals surface area contributed by atoms with Crippen LogP contribution >= 0.6 is 11.6 Å². The minimum atomic E-state index is -3.74. The van der Waals surface area contributed by atoms with Gasteiger partial charge in [-0.3, -0.25) is 0 Å². The standard InChI is InChI=1S/C17H19ClN2O4S2/c18-16-8-4-5-9-17(16)26(23,24)20-12-10-19(11-13-20)25(21,22)14-15-6-2-1-3-7-15/h1-9H,10-14H2. The van der Waals surface area contributed by atoms with Crippen LogP contribution in [-0.2, 0) is 25.8 Å². The Morgan fingerprint density at radius 3 is 1.92 bits per heavy atom. The third kappa shape index (κ3) is 4.10. The molecular weight excluding hydrogens is 396 g/mol. The van der Waals surface area contributed by atoms with Crippen molar-refractivity contribution in [3.63, 3.8) is 0 Å². The van der Waals surface area contributed by atoms with E-state index in [1.165, 1.54) is 20.7 Å². The van der Waals surface area contributed by atoms with E-state index in [1.54, 1.807) is 36.4 Å². The van der Waals surface area contributed by atoms with Gasteiger partial charge in [0.05, 0.1) is 10.8 Å². The number of sulfonamides is 2. The molecule has 1 fully saturated rings. The number of benzene rings is 2. The Balaban J connectivity index is 1.70. The van der Waals surface area contributed by atoms with Gasteiger partial charge in [0.1, 0.15) is 4.90 Å². The molecule has 0 spiro atoms. The molecule has 1 heterocycles. The van der Waals surface area contributed by atoms with Crippen molar-refractivity contribution in [2.45, 2.75) is 10.6 Å². The molecule has 0 radical (unpaired) electrons. The topological polar surface area (TPSA) is 74.8 Å². The van der Waals surface area contributed by atoms with E-state index < -0.39 is 20.0 Å². The van der Waals surface area contributed by atoms with Crippen molar-refractivity contribution in [1.29, 1.82) is 0 Å². The maximum absolute atomic E-state index is 12.7.